The van der Waals surface area contributed by atoms with Crippen molar-refractivity contribution in [3.8, 4) is 5.75 Å². The molecular formula is C15H11ClF2N2O4. The highest BCUT2D eigenvalue weighted by atomic mass is 35.5. The van der Waals surface area contributed by atoms with E-state index >= 15 is 0 Å². The number of amides is 1. The quantitative estimate of drug-likeness (QED) is 0.805. The highest BCUT2D eigenvalue weighted by molar-refractivity contribution is 6.30. The first kappa shape index (κ1) is 17.6. The third kappa shape index (κ3) is 5.47. The van der Waals surface area contributed by atoms with Crippen molar-refractivity contribution >= 4 is 29.3 Å². The molecule has 24 heavy (non-hydrogen) atoms. The van der Waals surface area contributed by atoms with Gasteiger partial charge in [-0.05, 0) is 36.4 Å². The number of esters is 1. The van der Waals surface area contributed by atoms with E-state index < -0.39 is 25.1 Å². The number of ether oxygens (including phenoxy) is 2. The summed E-state index contributed by atoms with van der Waals surface area (Å²) in [5.41, 5.74) is 0.0917. The largest absolute Gasteiger partial charge is 0.452 e. The predicted molar refractivity (Wildman–Crippen MR) is 81.2 cm³/mol. The number of nitrogens with one attached hydrogen (secondary N) is 1. The molecule has 0 aliphatic carbocycles. The number of alkyl halides is 2. The standard InChI is InChI=1S/C15H11ClF2N2O4/c16-10-3-6-12(19-7-10)20-13(21)8-23-14(22)9-1-4-11(5-2-9)24-15(17)18/h1-7,15H,8H2,(H,19,20,21). The summed E-state index contributed by atoms with van der Waals surface area (Å²) >= 11 is 5.66. The van der Waals surface area contributed by atoms with Crippen molar-refractivity contribution in [2.45, 2.75) is 6.61 Å². The van der Waals surface area contributed by atoms with E-state index in [-0.39, 0.29) is 17.1 Å². The van der Waals surface area contributed by atoms with E-state index in [0.717, 1.165) is 0 Å². The Labute approximate surface area is 140 Å². The van der Waals surface area contributed by atoms with Crippen LogP contribution < -0.4 is 10.1 Å². The summed E-state index contributed by atoms with van der Waals surface area (Å²) in [6, 6.07) is 7.92. The zero-order chi connectivity index (χ0) is 17.5. The Morgan fingerprint density at radius 1 is 1.17 bits per heavy atom. The second-order valence-electron chi connectivity index (χ2n) is 4.39. The van der Waals surface area contributed by atoms with E-state index in [1.807, 2.05) is 0 Å². The maximum Gasteiger partial charge on any atom is 0.387 e. The van der Waals surface area contributed by atoms with Crippen molar-refractivity contribution in [1.82, 2.24) is 4.98 Å². The van der Waals surface area contributed by atoms with E-state index in [2.05, 4.69) is 15.0 Å². The number of benzene rings is 1. The fraction of sp³-hybridized carbons (Fsp3) is 0.133. The van der Waals surface area contributed by atoms with Crippen LogP contribution in [0.15, 0.2) is 42.6 Å². The number of pyridine rings is 1. The number of halogens is 3. The van der Waals surface area contributed by atoms with E-state index in [1.165, 1.54) is 36.5 Å². The summed E-state index contributed by atoms with van der Waals surface area (Å²) in [5.74, 6) is -1.20. The second kappa shape index (κ2) is 8.21. The second-order valence-corrected chi connectivity index (χ2v) is 4.83. The first-order valence-corrected chi connectivity index (χ1v) is 6.95. The molecule has 0 unspecified atom stereocenters. The topological polar surface area (TPSA) is 77.5 Å². The highest BCUT2D eigenvalue weighted by Gasteiger charge is 2.12. The van der Waals surface area contributed by atoms with Gasteiger partial charge in [-0.25, -0.2) is 9.78 Å². The first-order valence-electron chi connectivity index (χ1n) is 6.57. The molecule has 0 aliphatic heterocycles. The molecule has 0 bridgehead atoms. The van der Waals surface area contributed by atoms with E-state index in [0.29, 0.717) is 5.02 Å². The third-order valence-electron chi connectivity index (χ3n) is 2.64. The summed E-state index contributed by atoms with van der Waals surface area (Å²) in [7, 11) is 0. The Balaban J connectivity index is 1.83. The summed E-state index contributed by atoms with van der Waals surface area (Å²) in [4.78, 5) is 27.3. The van der Waals surface area contributed by atoms with Gasteiger partial charge in [-0.3, -0.25) is 4.79 Å². The van der Waals surface area contributed by atoms with Crippen LogP contribution in [-0.2, 0) is 9.53 Å². The van der Waals surface area contributed by atoms with Crippen LogP contribution >= 0.6 is 11.6 Å². The molecule has 0 atom stereocenters. The number of hydrogen-bond acceptors (Lipinski definition) is 5. The Morgan fingerprint density at radius 3 is 2.46 bits per heavy atom. The normalized spacial score (nSPS) is 10.3. The van der Waals surface area contributed by atoms with Crippen LogP contribution in [0, 0.1) is 0 Å². The Kier molecular flexibility index (Phi) is 6.02. The lowest BCUT2D eigenvalue weighted by Gasteiger charge is -2.07. The summed E-state index contributed by atoms with van der Waals surface area (Å²) in [6.07, 6.45) is 1.35. The number of rotatable bonds is 6. The Morgan fingerprint density at radius 2 is 1.88 bits per heavy atom. The van der Waals surface area contributed by atoms with Gasteiger partial charge in [0.2, 0.25) is 0 Å². The van der Waals surface area contributed by atoms with Crippen LogP contribution in [0.5, 0.6) is 5.75 Å². The van der Waals surface area contributed by atoms with Gasteiger partial charge in [0, 0.05) is 6.20 Å². The molecule has 0 fully saturated rings. The van der Waals surface area contributed by atoms with Crippen LogP contribution in [-0.4, -0.2) is 30.1 Å². The van der Waals surface area contributed by atoms with Gasteiger partial charge in [0.1, 0.15) is 11.6 Å². The number of aromatic nitrogens is 1. The lowest BCUT2D eigenvalue weighted by molar-refractivity contribution is -0.119. The van der Waals surface area contributed by atoms with E-state index in [9.17, 15) is 18.4 Å². The third-order valence-corrected chi connectivity index (χ3v) is 2.87. The van der Waals surface area contributed by atoms with Crippen LogP contribution in [0.25, 0.3) is 0 Å². The summed E-state index contributed by atoms with van der Waals surface area (Å²) in [6.45, 7) is -3.48. The van der Waals surface area contributed by atoms with E-state index in [1.54, 1.807) is 6.07 Å². The molecule has 126 valence electrons. The summed E-state index contributed by atoms with van der Waals surface area (Å²) in [5, 5.41) is 2.83. The fourth-order valence-electron chi connectivity index (χ4n) is 1.62. The van der Waals surface area contributed by atoms with Gasteiger partial charge < -0.3 is 14.8 Å². The molecule has 9 heteroatoms. The van der Waals surface area contributed by atoms with Crippen molar-refractivity contribution in [3.05, 3.63) is 53.2 Å². The van der Waals surface area contributed by atoms with Crippen molar-refractivity contribution in [3.63, 3.8) is 0 Å². The van der Waals surface area contributed by atoms with Gasteiger partial charge >= 0.3 is 12.6 Å². The van der Waals surface area contributed by atoms with Gasteiger partial charge in [0.05, 0.1) is 10.6 Å². The van der Waals surface area contributed by atoms with Gasteiger partial charge in [-0.1, -0.05) is 11.6 Å². The molecule has 1 amide bonds. The van der Waals surface area contributed by atoms with Crippen molar-refractivity contribution in [2.75, 3.05) is 11.9 Å². The number of anilines is 1. The fourth-order valence-corrected chi connectivity index (χ4v) is 1.73. The smallest absolute Gasteiger partial charge is 0.387 e. The van der Waals surface area contributed by atoms with Crippen LogP contribution in [0.2, 0.25) is 5.02 Å². The van der Waals surface area contributed by atoms with Crippen LogP contribution in [0.1, 0.15) is 10.4 Å². The molecule has 0 saturated heterocycles. The molecular weight excluding hydrogens is 346 g/mol. The molecule has 2 aromatic rings. The Bertz CT molecular complexity index is 708. The lowest BCUT2D eigenvalue weighted by Crippen LogP contribution is -2.21. The van der Waals surface area contributed by atoms with Crippen LogP contribution in [0.3, 0.4) is 0 Å². The number of carbonyl (C=O) groups is 2. The minimum Gasteiger partial charge on any atom is -0.452 e. The predicted octanol–water partition coefficient (Wildman–Crippen LogP) is 3.13. The molecule has 1 heterocycles. The van der Waals surface area contributed by atoms with Crippen molar-refractivity contribution < 1.29 is 27.8 Å². The van der Waals surface area contributed by atoms with Gasteiger partial charge in [0.15, 0.2) is 6.61 Å². The molecule has 0 saturated carbocycles. The highest BCUT2D eigenvalue weighted by Crippen LogP contribution is 2.15. The monoisotopic (exact) mass is 356 g/mol. The maximum absolute atomic E-state index is 12.0. The Hall–Kier alpha value is -2.74. The zero-order valence-corrected chi connectivity index (χ0v) is 12.8. The average molecular weight is 357 g/mol. The first-order chi connectivity index (χ1) is 11.4. The van der Waals surface area contributed by atoms with Crippen molar-refractivity contribution in [2.24, 2.45) is 0 Å². The van der Waals surface area contributed by atoms with Crippen LogP contribution in [0.4, 0.5) is 14.6 Å². The van der Waals surface area contributed by atoms with Gasteiger partial charge in [-0.15, -0.1) is 0 Å². The lowest BCUT2D eigenvalue weighted by atomic mass is 10.2. The molecule has 6 nitrogen and oxygen atoms in total. The van der Waals surface area contributed by atoms with Gasteiger partial charge in [0.25, 0.3) is 5.91 Å². The van der Waals surface area contributed by atoms with Crippen molar-refractivity contribution in [1.29, 1.82) is 0 Å². The minimum atomic E-state index is -2.95. The number of nitrogens with zero attached hydrogens (tertiary/aromatic N) is 1. The molecule has 1 aromatic heterocycles. The maximum atomic E-state index is 12.0. The molecule has 0 spiro atoms. The SMILES string of the molecule is O=C(COC(=O)c1ccc(OC(F)F)cc1)Nc1ccc(Cl)cn1. The zero-order valence-electron chi connectivity index (χ0n) is 12.0. The van der Waals surface area contributed by atoms with E-state index in [4.69, 9.17) is 16.3 Å². The molecule has 2 rings (SSSR count). The average Bonchev–Trinajstić information content (AvgIpc) is 2.55. The number of carbonyl (C=O) groups excluding carboxylic acids is 2. The molecule has 1 aromatic carbocycles. The summed E-state index contributed by atoms with van der Waals surface area (Å²) < 4.78 is 33.0. The minimum absolute atomic E-state index is 0.0897. The molecule has 0 radical (unpaired) electrons. The van der Waals surface area contributed by atoms with Gasteiger partial charge in [-0.2, -0.15) is 8.78 Å². The molecule has 0 aliphatic rings. The molecule has 1 N–H and O–H groups in total. The number of hydrogen-bond donors (Lipinski definition) is 1.